The van der Waals surface area contributed by atoms with E-state index in [4.69, 9.17) is 14.9 Å². The molecule has 0 aliphatic heterocycles. The van der Waals surface area contributed by atoms with E-state index in [0.717, 1.165) is 11.4 Å². The first-order chi connectivity index (χ1) is 10.8. The predicted molar refractivity (Wildman–Crippen MR) is 82.3 cm³/mol. The van der Waals surface area contributed by atoms with Crippen LogP contribution in [0.25, 0.3) is 11.5 Å². The smallest absolute Gasteiger partial charge is 0.153 e. The number of furan rings is 1. The van der Waals surface area contributed by atoms with E-state index >= 15 is 0 Å². The quantitative estimate of drug-likeness (QED) is 0.756. The molecule has 0 atom stereocenters. The number of benzene rings is 1. The number of ether oxygens (including phenoxy) is 1. The second-order valence-electron chi connectivity index (χ2n) is 4.95. The van der Waals surface area contributed by atoms with E-state index in [1.807, 2.05) is 43.3 Å². The van der Waals surface area contributed by atoms with E-state index in [1.165, 1.54) is 5.56 Å². The molecule has 0 aliphatic rings. The molecular formula is C16H18N4O2. The third-order valence-electron chi connectivity index (χ3n) is 3.35. The van der Waals surface area contributed by atoms with Gasteiger partial charge in [-0.3, -0.25) is 0 Å². The Morgan fingerprint density at radius 2 is 2.05 bits per heavy atom. The van der Waals surface area contributed by atoms with Gasteiger partial charge in [-0.05, 0) is 31.2 Å². The zero-order valence-electron chi connectivity index (χ0n) is 12.4. The SMILES string of the molecule is Cc1ccc(OCCn2nnc(CN)c2-c2ccco2)cc1. The van der Waals surface area contributed by atoms with Crippen molar-refractivity contribution in [3.8, 4) is 17.2 Å². The molecule has 0 radical (unpaired) electrons. The Hall–Kier alpha value is -2.60. The van der Waals surface area contributed by atoms with Crippen molar-refractivity contribution < 1.29 is 9.15 Å². The average molecular weight is 298 g/mol. The van der Waals surface area contributed by atoms with Crippen LogP contribution in [0.5, 0.6) is 5.75 Å². The fourth-order valence-corrected chi connectivity index (χ4v) is 2.21. The van der Waals surface area contributed by atoms with E-state index in [9.17, 15) is 0 Å². The van der Waals surface area contributed by atoms with Crippen molar-refractivity contribution in [1.82, 2.24) is 15.0 Å². The van der Waals surface area contributed by atoms with Crippen molar-refractivity contribution in [1.29, 1.82) is 0 Å². The fraction of sp³-hybridized carbons (Fsp3) is 0.250. The van der Waals surface area contributed by atoms with Crippen LogP contribution in [0.1, 0.15) is 11.3 Å². The molecule has 3 rings (SSSR count). The van der Waals surface area contributed by atoms with Gasteiger partial charge in [0.05, 0.1) is 12.8 Å². The average Bonchev–Trinajstić information content (AvgIpc) is 3.17. The van der Waals surface area contributed by atoms with Crippen molar-refractivity contribution in [2.24, 2.45) is 5.73 Å². The minimum Gasteiger partial charge on any atom is -0.492 e. The summed E-state index contributed by atoms with van der Waals surface area (Å²) in [5, 5.41) is 8.24. The Morgan fingerprint density at radius 3 is 2.73 bits per heavy atom. The van der Waals surface area contributed by atoms with Gasteiger partial charge in [-0.1, -0.05) is 22.9 Å². The van der Waals surface area contributed by atoms with Gasteiger partial charge in [0.1, 0.15) is 23.7 Å². The van der Waals surface area contributed by atoms with E-state index in [2.05, 4.69) is 10.3 Å². The number of nitrogens with zero attached hydrogens (tertiary/aromatic N) is 3. The summed E-state index contributed by atoms with van der Waals surface area (Å²) in [4.78, 5) is 0. The van der Waals surface area contributed by atoms with Gasteiger partial charge in [0, 0.05) is 6.54 Å². The molecular weight excluding hydrogens is 280 g/mol. The Kier molecular flexibility index (Phi) is 4.20. The van der Waals surface area contributed by atoms with E-state index in [-0.39, 0.29) is 0 Å². The van der Waals surface area contributed by atoms with Crippen LogP contribution in [0.4, 0.5) is 0 Å². The van der Waals surface area contributed by atoms with Gasteiger partial charge in [-0.25, -0.2) is 4.68 Å². The van der Waals surface area contributed by atoms with Crippen LogP contribution in [-0.2, 0) is 13.1 Å². The normalized spacial score (nSPS) is 10.8. The largest absolute Gasteiger partial charge is 0.492 e. The minimum absolute atomic E-state index is 0.314. The van der Waals surface area contributed by atoms with Gasteiger partial charge in [0.25, 0.3) is 0 Å². The molecule has 2 N–H and O–H groups in total. The number of hydrogen-bond donors (Lipinski definition) is 1. The van der Waals surface area contributed by atoms with Gasteiger partial charge in [-0.15, -0.1) is 5.10 Å². The highest BCUT2D eigenvalue weighted by atomic mass is 16.5. The summed E-state index contributed by atoms with van der Waals surface area (Å²) in [5.41, 5.74) is 8.44. The lowest BCUT2D eigenvalue weighted by Crippen LogP contribution is -2.11. The van der Waals surface area contributed by atoms with Crippen LogP contribution in [0.2, 0.25) is 0 Å². The highest BCUT2D eigenvalue weighted by molar-refractivity contribution is 5.55. The van der Waals surface area contributed by atoms with Crippen molar-refractivity contribution in [3.63, 3.8) is 0 Å². The molecule has 114 valence electrons. The number of nitrogens with two attached hydrogens (primary N) is 1. The Morgan fingerprint density at radius 1 is 1.23 bits per heavy atom. The van der Waals surface area contributed by atoms with Crippen LogP contribution in [0, 0.1) is 6.92 Å². The molecule has 0 bridgehead atoms. The number of aromatic nitrogens is 3. The molecule has 0 fully saturated rings. The molecule has 2 heterocycles. The highest BCUT2D eigenvalue weighted by Crippen LogP contribution is 2.22. The summed E-state index contributed by atoms with van der Waals surface area (Å²) in [7, 11) is 0. The number of rotatable bonds is 6. The Bertz CT molecular complexity index is 717. The summed E-state index contributed by atoms with van der Waals surface area (Å²) in [6.07, 6.45) is 1.62. The molecule has 3 aromatic rings. The van der Waals surface area contributed by atoms with Gasteiger partial charge in [0.15, 0.2) is 5.76 Å². The lowest BCUT2D eigenvalue weighted by molar-refractivity contribution is 0.290. The first-order valence-electron chi connectivity index (χ1n) is 7.13. The zero-order valence-corrected chi connectivity index (χ0v) is 12.4. The molecule has 6 heteroatoms. The summed E-state index contributed by atoms with van der Waals surface area (Å²) < 4.78 is 12.9. The summed E-state index contributed by atoms with van der Waals surface area (Å²) in [6.45, 7) is 3.42. The molecule has 6 nitrogen and oxygen atoms in total. The topological polar surface area (TPSA) is 79.1 Å². The van der Waals surface area contributed by atoms with Crippen LogP contribution in [0.15, 0.2) is 47.1 Å². The van der Waals surface area contributed by atoms with Crippen LogP contribution in [0.3, 0.4) is 0 Å². The second-order valence-corrected chi connectivity index (χ2v) is 4.95. The first kappa shape index (κ1) is 14.3. The maximum atomic E-state index is 5.73. The van der Waals surface area contributed by atoms with Crippen LogP contribution >= 0.6 is 0 Å². The van der Waals surface area contributed by atoms with E-state index < -0.39 is 0 Å². The Balaban J connectivity index is 1.70. The van der Waals surface area contributed by atoms with E-state index in [0.29, 0.717) is 31.2 Å². The molecule has 0 spiro atoms. The maximum absolute atomic E-state index is 5.73. The van der Waals surface area contributed by atoms with Crippen molar-refractivity contribution in [2.45, 2.75) is 20.0 Å². The van der Waals surface area contributed by atoms with Crippen molar-refractivity contribution in [3.05, 3.63) is 53.9 Å². The van der Waals surface area contributed by atoms with Crippen LogP contribution in [-0.4, -0.2) is 21.6 Å². The van der Waals surface area contributed by atoms with Crippen LogP contribution < -0.4 is 10.5 Å². The molecule has 2 aromatic heterocycles. The predicted octanol–water partition coefficient (Wildman–Crippen LogP) is 2.38. The standard InChI is InChI=1S/C16H18N4O2/c1-12-4-6-13(7-5-12)21-10-8-20-16(14(11-17)18-19-20)15-3-2-9-22-15/h2-7,9H,8,10-11,17H2,1H3. The lowest BCUT2D eigenvalue weighted by Gasteiger charge is -2.08. The summed E-state index contributed by atoms with van der Waals surface area (Å²) >= 11 is 0. The molecule has 0 aliphatic carbocycles. The maximum Gasteiger partial charge on any atom is 0.153 e. The monoisotopic (exact) mass is 298 g/mol. The molecule has 1 aromatic carbocycles. The van der Waals surface area contributed by atoms with Gasteiger partial charge in [0.2, 0.25) is 0 Å². The Labute approximate surface area is 128 Å². The molecule has 0 saturated carbocycles. The van der Waals surface area contributed by atoms with Gasteiger partial charge < -0.3 is 14.9 Å². The van der Waals surface area contributed by atoms with Crippen molar-refractivity contribution in [2.75, 3.05) is 6.61 Å². The number of aryl methyl sites for hydroxylation is 1. The third-order valence-corrected chi connectivity index (χ3v) is 3.35. The summed E-state index contributed by atoms with van der Waals surface area (Å²) in [5.74, 6) is 1.55. The minimum atomic E-state index is 0.314. The van der Waals surface area contributed by atoms with Gasteiger partial charge in [-0.2, -0.15) is 0 Å². The third kappa shape index (κ3) is 3.01. The molecule has 0 amide bonds. The zero-order chi connectivity index (χ0) is 15.4. The molecule has 22 heavy (non-hydrogen) atoms. The lowest BCUT2D eigenvalue weighted by atomic mass is 10.2. The first-order valence-corrected chi connectivity index (χ1v) is 7.13. The molecule has 0 saturated heterocycles. The fourth-order valence-electron chi connectivity index (χ4n) is 2.21. The number of hydrogen-bond acceptors (Lipinski definition) is 5. The second kappa shape index (κ2) is 6.44. The summed E-state index contributed by atoms with van der Waals surface area (Å²) in [6, 6.07) is 11.6. The van der Waals surface area contributed by atoms with Crippen molar-refractivity contribution >= 4 is 0 Å². The molecule has 0 unspecified atom stereocenters. The highest BCUT2D eigenvalue weighted by Gasteiger charge is 2.16. The van der Waals surface area contributed by atoms with Gasteiger partial charge >= 0.3 is 0 Å². The van der Waals surface area contributed by atoms with E-state index in [1.54, 1.807) is 10.9 Å².